The second kappa shape index (κ2) is 8.98. The SMILES string of the molecule is Cc1ccc(-n2cccc2[C@H]2[C@@H](c3ccccn3)NC(=S)N2CCCN(C)C)cc1. The number of aromatic nitrogens is 2. The van der Waals surface area contributed by atoms with Crippen molar-refractivity contribution >= 4 is 17.3 Å². The number of hydrogen-bond acceptors (Lipinski definition) is 3. The zero-order chi connectivity index (χ0) is 21.1. The minimum Gasteiger partial charge on any atom is -0.352 e. The summed E-state index contributed by atoms with van der Waals surface area (Å²) < 4.78 is 2.27. The molecule has 0 unspecified atom stereocenters. The highest BCUT2D eigenvalue weighted by Crippen LogP contribution is 2.39. The van der Waals surface area contributed by atoms with Gasteiger partial charge in [-0.3, -0.25) is 4.98 Å². The van der Waals surface area contributed by atoms with Crippen LogP contribution in [0.2, 0.25) is 0 Å². The first-order chi connectivity index (χ1) is 14.5. The molecule has 0 aliphatic carbocycles. The third-order valence-electron chi connectivity index (χ3n) is 5.60. The molecule has 0 amide bonds. The van der Waals surface area contributed by atoms with Crippen molar-refractivity contribution in [2.45, 2.75) is 25.4 Å². The highest BCUT2D eigenvalue weighted by Gasteiger charge is 2.40. The lowest BCUT2D eigenvalue weighted by molar-refractivity contribution is 0.286. The third-order valence-corrected chi connectivity index (χ3v) is 5.95. The maximum absolute atomic E-state index is 5.79. The molecule has 1 aliphatic rings. The van der Waals surface area contributed by atoms with E-state index in [0.717, 1.165) is 36.0 Å². The smallest absolute Gasteiger partial charge is 0.170 e. The molecule has 1 aromatic carbocycles. The molecule has 4 rings (SSSR count). The van der Waals surface area contributed by atoms with E-state index < -0.39 is 0 Å². The molecule has 2 aromatic heterocycles. The van der Waals surface area contributed by atoms with E-state index in [1.165, 1.54) is 11.3 Å². The Morgan fingerprint density at radius 3 is 2.57 bits per heavy atom. The summed E-state index contributed by atoms with van der Waals surface area (Å²) in [6, 6.07) is 19.1. The van der Waals surface area contributed by atoms with Gasteiger partial charge in [0.05, 0.1) is 17.8 Å². The van der Waals surface area contributed by atoms with Crippen LogP contribution in [0.1, 0.15) is 35.5 Å². The Labute approximate surface area is 184 Å². The van der Waals surface area contributed by atoms with Gasteiger partial charge in [-0.15, -0.1) is 0 Å². The molecule has 1 fully saturated rings. The van der Waals surface area contributed by atoms with Crippen LogP contribution in [-0.2, 0) is 0 Å². The zero-order valence-corrected chi connectivity index (χ0v) is 18.6. The molecular formula is C24H29N5S. The van der Waals surface area contributed by atoms with Gasteiger partial charge < -0.3 is 19.7 Å². The van der Waals surface area contributed by atoms with Crippen LogP contribution in [0.4, 0.5) is 0 Å². The summed E-state index contributed by atoms with van der Waals surface area (Å²) in [5, 5.41) is 4.35. The second-order valence-corrected chi connectivity index (χ2v) is 8.50. The first kappa shape index (κ1) is 20.6. The van der Waals surface area contributed by atoms with Gasteiger partial charge in [-0.25, -0.2) is 0 Å². The van der Waals surface area contributed by atoms with E-state index >= 15 is 0 Å². The second-order valence-electron chi connectivity index (χ2n) is 8.12. The number of benzene rings is 1. The van der Waals surface area contributed by atoms with Crippen molar-refractivity contribution in [1.29, 1.82) is 0 Å². The maximum Gasteiger partial charge on any atom is 0.170 e. The van der Waals surface area contributed by atoms with Gasteiger partial charge in [-0.1, -0.05) is 23.8 Å². The third kappa shape index (κ3) is 4.25. The largest absolute Gasteiger partial charge is 0.352 e. The zero-order valence-electron chi connectivity index (χ0n) is 17.8. The Kier molecular flexibility index (Phi) is 6.16. The Bertz CT molecular complexity index is 980. The Morgan fingerprint density at radius 1 is 1.07 bits per heavy atom. The average Bonchev–Trinajstić information content (AvgIpc) is 3.34. The van der Waals surface area contributed by atoms with Crippen LogP contribution in [0.25, 0.3) is 5.69 Å². The van der Waals surface area contributed by atoms with E-state index in [2.05, 4.69) is 94.3 Å². The fourth-order valence-electron chi connectivity index (χ4n) is 4.10. The normalized spacial score (nSPS) is 18.8. The molecule has 0 radical (unpaired) electrons. The predicted octanol–water partition coefficient (Wildman–Crippen LogP) is 4.10. The van der Waals surface area contributed by atoms with E-state index in [9.17, 15) is 0 Å². The number of rotatable bonds is 7. The molecule has 6 heteroatoms. The molecule has 0 saturated carbocycles. The van der Waals surface area contributed by atoms with Gasteiger partial charge in [0.25, 0.3) is 0 Å². The van der Waals surface area contributed by atoms with Crippen LogP contribution in [-0.4, -0.2) is 51.6 Å². The molecule has 156 valence electrons. The van der Waals surface area contributed by atoms with Gasteiger partial charge in [-0.05, 0) is 82.6 Å². The lowest BCUT2D eigenvalue weighted by Crippen LogP contribution is -2.32. The van der Waals surface area contributed by atoms with E-state index in [-0.39, 0.29) is 12.1 Å². The molecule has 1 N–H and O–H groups in total. The molecule has 30 heavy (non-hydrogen) atoms. The molecule has 3 aromatic rings. The van der Waals surface area contributed by atoms with E-state index in [1.807, 2.05) is 18.3 Å². The summed E-state index contributed by atoms with van der Waals surface area (Å²) in [4.78, 5) is 9.19. The number of pyridine rings is 1. The standard InChI is InChI=1S/C24H29N5S/c1-18-10-12-19(13-11-18)28-16-6-9-21(28)23-22(20-8-4-5-14-25-20)26-24(30)29(23)17-7-15-27(2)3/h4-6,8-14,16,22-23H,7,15,17H2,1-3H3,(H,26,30)/t22-,23+/m1/s1. The molecule has 0 bridgehead atoms. The first-order valence-corrected chi connectivity index (χ1v) is 10.8. The minimum atomic E-state index is 0.0113. The number of thiocarbonyl (C=S) groups is 1. The van der Waals surface area contributed by atoms with E-state index in [4.69, 9.17) is 12.2 Å². The average molecular weight is 420 g/mol. The van der Waals surface area contributed by atoms with E-state index in [0.29, 0.717) is 0 Å². The van der Waals surface area contributed by atoms with Crippen LogP contribution < -0.4 is 5.32 Å². The predicted molar refractivity (Wildman–Crippen MR) is 126 cm³/mol. The molecule has 1 saturated heterocycles. The topological polar surface area (TPSA) is 36.3 Å². The van der Waals surface area contributed by atoms with Gasteiger partial charge in [0, 0.05) is 30.3 Å². The van der Waals surface area contributed by atoms with E-state index in [1.54, 1.807) is 0 Å². The van der Waals surface area contributed by atoms with Crippen molar-refractivity contribution in [2.24, 2.45) is 0 Å². The van der Waals surface area contributed by atoms with Gasteiger partial charge in [0.1, 0.15) is 0 Å². The number of hydrogen-bond donors (Lipinski definition) is 1. The summed E-state index contributed by atoms with van der Waals surface area (Å²) in [5.41, 5.74) is 4.64. The number of nitrogens with zero attached hydrogens (tertiary/aromatic N) is 4. The lowest BCUT2D eigenvalue weighted by atomic mass is 10.0. The van der Waals surface area contributed by atoms with Crippen LogP contribution in [0.3, 0.4) is 0 Å². The molecule has 2 atom stereocenters. The van der Waals surface area contributed by atoms with Crippen LogP contribution in [0, 0.1) is 6.92 Å². The summed E-state index contributed by atoms with van der Waals surface area (Å²) in [6.45, 7) is 4.04. The van der Waals surface area contributed by atoms with Crippen molar-refractivity contribution < 1.29 is 0 Å². The van der Waals surface area contributed by atoms with Gasteiger partial charge in [0.15, 0.2) is 5.11 Å². The Hall–Kier alpha value is -2.70. The number of aryl methyl sites for hydroxylation is 1. The van der Waals surface area contributed by atoms with Gasteiger partial charge in [-0.2, -0.15) is 0 Å². The van der Waals surface area contributed by atoms with Crippen LogP contribution in [0.5, 0.6) is 0 Å². The fourth-order valence-corrected chi connectivity index (χ4v) is 4.43. The molecule has 3 heterocycles. The highest BCUT2D eigenvalue weighted by atomic mass is 32.1. The fraction of sp³-hybridized carbons (Fsp3) is 0.333. The Balaban J connectivity index is 1.73. The molecule has 0 spiro atoms. The molecule has 5 nitrogen and oxygen atoms in total. The monoisotopic (exact) mass is 419 g/mol. The molecule has 1 aliphatic heterocycles. The summed E-state index contributed by atoms with van der Waals surface area (Å²) in [7, 11) is 4.22. The lowest BCUT2D eigenvalue weighted by Gasteiger charge is -2.29. The van der Waals surface area contributed by atoms with Crippen LogP contribution >= 0.6 is 12.2 Å². The molecular weight excluding hydrogens is 390 g/mol. The summed E-state index contributed by atoms with van der Waals surface area (Å²) >= 11 is 5.79. The van der Waals surface area contributed by atoms with Crippen molar-refractivity contribution in [3.8, 4) is 5.69 Å². The minimum absolute atomic E-state index is 0.0113. The van der Waals surface area contributed by atoms with Crippen LogP contribution in [0.15, 0.2) is 67.0 Å². The van der Waals surface area contributed by atoms with Gasteiger partial charge in [0.2, 0.25) is 0 Å². The first-order valence-electron chi connectivity index (χ1n) is 10.4. The quantitative estimate of drug-likeness (QED) is 0.584. The Morgan fingerprint density at radius 2 is 1.87 bits per heavy atom. The van der Waals surface area contributed by atoms with Crippen molar-refractivity contribution in [2.75, 3.05) is 27.2 Å². The highest BCUT2D eigenvalue weighted by molar-refractivity contribution is 7.80. The van der Waals surface area contributed by atoms with Crippen molar-refractivity contribution in [3.05, 3.63) is 83.9 Å². The van der Waals surface area contributed by atoms with Gasteiger partial charge >= 0.3 is 0 Å². The number of nitrogens with one attached hydrogen (secondary N) is 1. The van der Waals surface area contributed by atoms with Crippen molar-refractivity contribution in [1.82, 2.24) is 24.7 Å². The maximum atomic E-state index is 5.79. The summed E-state index contributed by atoms with van der Waals surface area (Å²) in [5.74, 6) is 0. The van der Waals surface area contributed by atoms with Crippen molar-refractivity contribution in [3.63, 3.8) is 0 Å². The summed E-state index contributed by atoms with van der Waals surface area (Å²) in [6.07, 6.45) is 5.03.